The predicted octanol–water partition coefficient (Wildman–Crippen LogP) is 3.67. The van der Waals surface area contributed by atoms with Crippen LogP contribution in [0.5, 0.6) is 0 Å². The molecule has 0 amide bonds. The molecule has 3 nitrogen and oxygen atoms in total. The summed E-state index contributed by atoms with van der Waals surface area (Å²) in [4.78, 5) is 0.277. The molecule has 2 saturated carbocycles. The van der Waals surface area contributed by atoms with Crippen LogP contribution in [-0.2, 0) is 14.3 Å². The first-order chi connectivity index (χ1) is 9.53. The van der Waals surface area contributed by atoms with Gasteiger partial charge in [-0.25, -0.2) is 0 Å². The summed E-state index contributed by atoms with van der Waals surface area (Å²) >= 11 is 0. The molecule has 0 unspecified atom stereocenters. The first-order valence-electron chi connectivity index (χ1n) is 7.53. The van der Waals surface area contributed by atoms with Crippen molar-refractivity contribution < 1.29 is 12.6 Å². The van der Waals surface area contributed by atoms with Gasteiger partial charge >= 0.3 is 0 Å². The molecule has 3 rings (SSSR count). The van der Waals surface area contributed by atoms with Crippen molar-refractivity contribution in [1.82, 2.24) is 0 Å². The second-order valence-electron chi connectivity index (χ2n) is 6.34. The molecule has 0 bridgehead atoms. The third-order valence-electron chi connectivity index (χ3n) is 4.16. The van der Waals surface area contributed by atoms with Crippen LogP contribution in [0, 0.1) is 18.8 Å². The fourth-order valence-corrected chi connectivity index (χ4v) is 3.66. The Hall–Kier alpha value is -0.870. The lowest BCUT2D eigenvalue weighted by atomic mass is 10.1. The molecular weight excluding hydrogens is 272 g/mol. The molecule has 0 radical (unpaired) electrons. The first kappa shape index (κ1) is 14.1. The SMILES string of the molecule is Cc1ccc(S(=O)(=O)OC(CC2CC2)CC2CC2)cc1. The van der Waals surface area contributed by atoms with Crippen LogP contribution in [0.2, 0.25) is 0 Å². The van der Waals surface area contributed by atoms with E-state index in [9.17, 15) is 8.42 Å². The molecular formula is C16H22O3S. The molecule has 0 heterocycles. The van der Waals surface area contributed by atoms with Crippen LogP contribution in [-0.4, -0.2) is 14.5 Å². The summed E-state index contributed by atoms with van der Waals surface area (Å²) in [6, 6.07) is 6.89. The van der Waals surface area contributed by atoms with Gasteiger partial charge in [-0.1, -0.05) is 43.4 Å². The van der Waals surface area contributed by atoms with E-state index in [0.717, 1.165) is 18.4 Å². The molecule has 110 valence electrons. The van der Waals surface area contributed by atoms with Gasteiger partial charge in [-0.2, -0.15) is 8.42 Å². The van der Waals surface area contributed by atoms with E-state index in [2.05, 4.69) is 0 Å². The number of hydrogen-bond donors (Lipinski definition) is 0. The van der Waals surface area contributed by atoms with Gasteiger partial charge in [-0.15, -0.1) is 0 Å². The Morgan fingerprint density at radius 1 is 1.05 bits per heavy atom. The molecule has 2 aliphatic rings. The molecule has 0 saturated heterocycles. The molecule has 2 fully saturated rings. The normalized spacial score (nSPS) is 19.5. The van der Waals surface area contributed by atoms with Crippen molar-refractivity contribution in [3.8, 4) is 0 Å². The van der Waals surface area contributed by atoms with Gasteiger partial charge < -0.3 is 0 Å². The average molecular weight is 294 g/mol. The van der Waals surface area contributed by atoms with E-state index in [-0.39, 0.29) is 11.0 Å². The van der Waals surface area contributed by atoms with Crippen molar-refractivity contribution in [3.63, 3.8) is 0 Å². The van der Waals surface area contributed by atoms with Crippen LogP contribution >= 0.6 is 0 Å². The van der Waals surface area contributed by atoms with Crippen molar-refractivity contribution in [2.45, 2.75) is 56.4 Å². The van der Waals surface area contributed by atoms with Gasteiger partial charge in [-0.05, 0) is 43.7 Å². The Balaban J connectivity index is 1.69. The highest BCUT2D eigenvalue weighted by Gasteiger charge is 2.33. The number of rotatable bonds is 7. The Morgan fingerprint density at radius 3 is 2.00 bits per heavy atom. The van der Waals surface area contributed by atoms with Gasteiger partial charge in [0.15, 0.2) is 0 Å². The van der Waals surface area contributed by atoms with E-state index < -0.39 is 10.1 Å². The summed E-state index contributed by atoms with van der Waals surface area (Å²) in [7, 11) is -3.61. The van der Waals surface area contributed by atoms with Gasteiger partial charge in [0.05, 0.1) is 11.0 Å². The topological polar surface area (TPSA) is 43.4 Å². The van der Waals surface area contributed by atoms with Crippen LogP contribution in [0.3, 0.4) is 0 Å². The maximum absolute atomic E-state index is 12.3. The molecule has 0 N–H and O–H groups in total. The lowest BCUT2D eigenvalue weighted by Crippen LogP contribution is -2.20. The molecule has 20 heavy (non-hydrogen) atoms. The molecule has 0 atom stereocenters. The zero-order valence-corrected chi connectivity index (χ0v) is 12.7. The average Bonchev–Trinajstić information content (AvgIpc) is 3.25. The minimum atomic E-state index is -3.61. The quantitative estimate of drug-likeness (QED) is 0.721. The highest BCUT2D eigenvalue weighted by Crippen LogP contribution is 2.40. The molecule has 1 aromatic rings. The van der Waals surface area contributed by atoms with Gasteiger partial charge in [-0.3, -0.25) is 4.18 Å². The molecule has 2 aliphatic carbocycles. The number of benzene rings is 1. The van der Waals surface area contributed by atoms with E-state index in [4.69, 9.17) is 4.18 Å². The van der Waals surface area contributed by atoms with Gasteiger partial charge in [0.2, 0.25) is 0 Å². The highest BCUT2D eigenvalue weighted by atomic mass is 32.2. The lowest BCUT2D eigenvalue weighted by Gasteiger charge is -2.17. The zero-order valence-electron chi connectivity index (χ0n) is 11.9. The molecule has 0 aromatic heterocycles. The minimum Gasteiger partial charge on any atom is -0.263 e. The minimum absolute atomic E-state index is 0.124. The standard InChI is InChI=1S/C16H22O3S/c1-12-2-8-16(9-3-12)20(17,18)19-15(10-13-4-5-13)11-14-6-7-14/h2-3,8-9,13-15H,4-7,10-11H2,1H3. The third kappa shape index (κ3) is 3.83. The van der Waals surface area contributed by atoms with Crippen LogP contribution in [0.1, 0.15) is 44.1 Å². The van der Waals surface area contributed by atoms with Crippen molar-refractivity contribution >= 4 is 10.1 Å². The second kappa shape index (κ2) is 5.49. The molecule has 4 heteroatoms. The molecule has 0 aliphatic heterocycles. The van der Waals surface area contributed by atoms with E-state index in [1.54, 1.807) is 12.1 Å². The molecule has 0 spiro atoms. The Labute approximate surface area is 121 Å². The van der Waals surface area contributed by atoms with E-state index in [1.165, 1.54) is 25.7 Å². The Kier molecular flexibility index (Phi) is 3.87. The summed E-state index contributed by atoms with van der Waals surface area (Å²) in [6.07, 6.45) is 6.61. The van der Waals surface area contributed by atoms with Crippen molar-refractivity contribution in [2.24, 2.45) is 11.8 Å². The smallest absolute Gasteiger partial charge is 0.263 e. The maximum Gasteiger partial charge on any atom is 0.297 e. The van der Waals surface area contributed by atoms with Crippen LogP contribution in [0.25, 0.3) is 0 Å². The monoisotopic (exact) mass is 294 g/mol. The summed E-state index contributed by atoms with van der Waals surface area (Å²) in [5, 5.41) is 0. The van der Waals surface area contributed by atoms with Crippen LogP contribution < -0.4 is 0 Å². The zero-order chi connectivity index (χ0) is 14.2. The fourth-order valence-electron chi connectivity index (χ4n) is 2.57. The number of hydrogen-bond acceptors (Lipinski definition) is 3. The maximum atomic E-state index is 12.3. The third-order valence-corrected chi connectivity index (χ3v) is 5.53. The number of aryl methyl sites for hydroxylation is 1. The van der Waals surface area contributed by atoms with Crippen LogP contribution in [0.15, 0.2) is 29.2 Å². The fraction of sp³-hybridized carbons (Fsp3) is 0.625. The Bertz CT molecular complexity index is 540. The summed E-state index contributed by atoms with van der Waals surface area (Å²) in [6.45, 7) is 1.94. The summed E-state index contributed by atoms with van der Waals surface area (Å²) in [5.41, 5.74) is 1.05. The Morgan fingerprint density at radius 2 is 1.55 bits per heavy atom. The van der Waals surface area contributed by atoms with E-state index in [0.29, 0.717) is 11.8 Å². The van der Waals surface area contributed by atoms with Crippen molar-refractivity contribution in [2.75, 3.05) is 0 Å². The van der Waals surface area contributed by atoms with E-state index >= 15 is 0 Å². The van der Waals surface area contributed by atoms with Crippen molar-refractivity contribution in [1.29, 1.82) is 0 Å². The van der Waals surface area contributed by atoms with Gasteiger partial charge in [0, 0.05) is 0 Å². The lowest BCUT2D eigenvalue weighted by molar-refractivity contribution is 0.174. The first-order valence-corrected chi connectivity index (χ1v) is 8.94. The van der Waals surface area contributed by atoms with Crippen LogP contribution in [0.4, 0.5) is 0 Å². The largest absolute Gasteiger partial charge is 0.297 e. The summed E-state index contributed by atoms with van der Waals surface area (Å²) < 4.78 is 30.2. The van der Waals surface area contributed by atoms with E-state index in [1.807, 2.05) is 19.1 Å². The second-order valence-corrected chi connectivity index (χ2v) is 7.92. The molecule has 1 aromatic carbocycles. The van der Waals surface area contributed by atoms with Crippen molar-refractivity contribution in [3.05, 3.63) is 29.8 Å². The highest BCUT2D eigenvalue weighted by molar-refractivity contribution is 7.86. The van der Waals surface area contributed by atoms with Gasteiger partial charge in [0.25, 0.3) is 10.1 Å². The predicted molar refractivity (Wildman–Crippen MR) is 77.9 cm³/mol. The van der Waals surface area contributed by atoms with Gasteiger partial charge in [0.1, 0.15) is 0 Å². The summed E-state index contributed by atoms with van der Waals surface area (Å²) in [5.74, 6) is 1.37.